The lowest BCUT2D eigenvalue weighted by Crippen LogP contribution is -2.25. The largest absolute Gasteiger partial charge is 0.494 e. The van der Waals surface area contributed by atoms with Crippen molar-refractivity contribution >= 4 is 28.9 Å². The van der Waals surface area contributed by atoms with Crippen LogP contribution < -0.4 is 10.1 Å². The van der Waals surface area contributed by atoms with Crippen LogP contribution in [0.4, 0.5) is 0 Å². The van der Waals surface area contributed by atoms with E-state index in [4.69, 9.17) is 20.8 Å². The van der Waals surface area contributed by atoms with Crippen LogP contribution in [-0.2, 0) is 24.8 Å². The third kappa shape index (κ3) is 6.04. The molecular weight excluding hydrogens is 562 g/mol. The number of allylic oxidation sites excluding steroid dienone is 1. The van der Waals surface area contributed by atoms with Crippen molar-refractivity contribution < 1.29 is 18.7 Å². The van der Waals surface area contributed by atoms with Crippen LogP contribution in [0.2, 0.25) is 5.02 Å². The monoisotopic (exact) mass is 599 g/mol. The van der Waals surface area contributed by atoms with Crippen LogP contribution in [0.5, 0.6) is 5.75 Å². The van der Waals surface area contributed by atoms with Crippen molar-refractivity contribution in [3.8, 4) is 16.9 Å². The van der Waals surface area contributed by atoms with Crippen LogP contribution in [0.15, 0.2) is 46.4 Å². The van der Waals surface area contributed by atoms with Crippen LogP contribution >= 0.6 is 11.6 Å². The summed E-state index contributed by atoms with van der Waals surface area (Å²) < 4.78 is 13.7. The summed E-state index contributed by atoms with van der Waals surface area (Å²) in [7, 11) is 1.95. The lowest BCUT2D eigenvalue weighted by Gasteiger charge is -2.13. The first-order chi connectivity index (χ1) is 20.5. The number of hydrogen-bond acceptors (Lipinski definition) is 5. The molecule has 0 spiro atoms. The van der Waals surface area contributed by atoms with Crippen LogP contribution in [0.1, 0.15) is 75.3 Å². The molecule has 0 fully saturated rings. The van der Waals surface area contributed by atoms with Gasteiger partial charge in [-0.2, -0.15) is 5.10 Å². The van der Waals surface area contributed by atoms with Gasteiger partial charge in [-0.3, -0.25) is 14.3 Å². The zero-order valence-corrected chi connectivity index (χ0v) is 26.7. The van der Waals surface area contributed by atoms with Gasteiger partial charge in [0, 0.05) is 35.3 Å². The number of carbonyl (C=O) groups excluding carboxylic acids is 2. The van der Waals surface area contributed by atoms with Crippen molar-refractivity contribution in [2.45, 2.75) is 67.3 Å². The normalized spacial score (nSPS) is 12.6. The molecule has 0 aliphatic heterocycles. The third-order valence-electron chi connectivity index (χ3n) is 8.29. The Hall–Kier alpha value is -4.10. The van der Waals surface area contributed by atoms with Crippen LogP contribution in [-0.4, -0.2) is 28.1 Å². The highest BCUT2D eigenvalue weighted by atomic mass is 35.5. The zero-order valence-electron chi connectivity index (χ0n) is 25.9. The van der Waals surface area contributed by atoms with E-state index in [1.165, 1.54) is 6.92 Å². The molecule has 2 aromatic heterocycles. The molecule has 2 aromatic carbocycles. The molecule has 5 rings (SSSR count). The van der Waals surface area contributed by atoms with Gasteiger partial charge in [0.1, 0.15) is 17.3 Å². The number of ketones is 1. The zero-order chi connectivity index (χ0) is 31.0. The van der Waals surface area contributed by atoms with Crippen molar-refractivity contribution in [2.75, 3.05) is 6.61 Å². The van der Waals surface area contributed by atoms with E-state index in [2.05, 4.69) is 35.5 Å². The number of nitrogens with one attached hydrogen (secondary N) is 1. The molecule has 0 atom stereocenters. The second kappa shape index (κ2) is 12.3. The third-order valence-corrected chi connectivity index (χ3v) is 8.89. The smallest absolute Gasteiger partial charge is 0.248 e. The number of rotatable bonds is 10. The average Bonchev–Trinajstić information content (AvgIpc) is 3.60. The molecule has 0 saturated heterocycles. The summed E-state index contributed by atoms with van der Waals surface area (Å²) in [4.78, 5) is 25.6. The molecule has 4 aromatic rings. The Morgan fingerprint density at radius 2 is 1.77 bits per heavy atom. The molecule has 43 heavy (non-hydrogen) atoms. The SMILES string of the molecule is CC(=O)c1cc(CNC(=O)C2=C(CCCOc3cc(C)c(Cl)c(C)c3)c3cccc(-c4c(C)nn(C)c4C)c3C2)oc1C. The summed E-state index contributed by atoms with van der Waals surface area (Å²) in [5.74, 6) is 1.71. The van der Waals surface area contributed by atoms with Crippen molar-refractivity contribution in [1.29, 1.82) is 0 Å². The van der Waals surface area contributed by atoms with Gasteiger partial charge in [-0.15, -0.1) is 0 Å². The van der Waals surface area contributed by atoms with Gasteiger partial charge in [-0.1, -0.05) is 29.8 Å². The Morgan fingerprint density at radius 3 is 2.40 bits per heavy atom. The maximum absolute atomic E-state index is 13.7. The number of benzene rings is 2. The molecule has 0 radical (unpaired) electrons. The van der Waals surface area contributed by atoms with Crippen LogP contribution in [0.25, 0.3) is 16.7 Å². The summed E-state index contributed by atoms with van der Waals surface area (Å²) in [5.41, 5.74) is 10.8. The van der Waals surface area contributed by atoms with Gasteiger partial charge in [0.05, 0.1) is 24.4 Å². The maximum atomic E-state index is 13.7. The van der Waals surface area contributed by atoms with E-state index in [1.807, 2.05) is 44.6 Å². The molecule has 0 saturated carbocycles. The standard InChI is InChI=1S/C35H38ClN3O4/c1-19-14-25(15-20(2)34(19)36)42-13-9-12-28-27-10-8-11-29(33-21(3)38-39(7)22(33)4)31(27)17-32(28)35(41)37-18-26-16-30(23(5)40)24(6)43-26/h8,10-11,14-16H,9,12-13,17-18H2,1-7H3,(H,37,41). The van der Waals surface area contributed by atoms with E-state index in [0.717, 1.165) is 73.1 Å². The number of fused-ring (bicyclic) bond motifs is 1. The summed E-state index contributed by atoms with van der Waals surface area (Å²) in [6.07, 6.45) is 1.94. The number of aromatic nitrogens is 2. The summed E-state index contributed by atoms with van der Waals surface area (Å²) in [6, 6.07) is 11.9. The number of furan rings is 1. The van der Waals surface area contributed by atoms with Gasteiger partial charge in [0.15, 0.2) is 5.78 Å². The fourth-order valence-corrected chi connectivity index (χ4v) is 6.20. The van der Waals surface area contributed by atoms with Crippen molar-refractivity contribution in [2.24, 2.45) is 7.05 Å². The quantitative estimate of drug-likeness (QED) is 0.150. The average molecular weight is 600 g/mol. The topological polar surface area (TPSA) is 86.4 Å². The highest BCUT2D eigenvalue weighted by Gasteiger charge is 2.29. The summed E-state index contributed by atoms with van der Waals surface area (Å²) in [5, 5.41) is 8.44. The Bertz CT molecular complexity index is 1750. The van der Waals surface area contributed by atoms with Crippen molar-refractivity contribution in [3.05, 3.63) is 97.7 Å². The van der Waals surface area contributed by atoms with Gasteiger partial charge in [-0.25, -0.2) is 0 Å². The first-order valence-corrected chi connectivity index (χ1v) is 15.0. The van der Waals surface area contributed by atoms with Crippen LogP contribution in [0, 0.1) is 34.6 Å². The number of amides is 1. The second-order valence-corrected chi connectivity index (χ2v) is 11.8. The molecule has 1 amide bonds. The van der Waals surface area contributed by atoms with Crippen LogP contribution in [0.3, 0.4) is 0 Å². The van der Waals surface area contributed by atoms with E-state index in [-0.39, 0.29) is 18.2 Å². The molecule has 1 aliphatic carbocycles. The lowest BCUT2D eigenvalue weighted by molar-refractivity contribution is -0.117. The fraction of sp³-hybridized carbons (Fsp3) is 0.343. The van der Waals surface area contributed by atoms with E-state index >= 15 is 0 Å². The molecule has 0 bridgehead atoms. The Balaban J connectivity index is 1.41. The predicted molar refractivity (Wildman–Crippen MR) is 170 cm³/mol. The second-order valence-electron chi connectivity index (χ2n) is 11.4. The number of aryl methyl sites for hydroxylation is 5. The number of hydrogen-bond donors (Lipinski definition) is 1. The molecular formula is C35H38ClN3O4. The highest BCUT2D eigenvalue weighted by molar-refractivity contribution is 6.32. The van der Waals surface area contributed by atoms with Gasteiger partial charge in [0.25, 0.3) is 0 Å². The van der Waals surface area contributed by atoms with E-state index in [9.17, 15) is 9.59 Å². The van der Waals surface area contributed by atoms with E-state index in [0.29, 0.717) is 36.5 Å². The maximum Gasteiger partial charge on any atom is 0.248 e. The molecule has 224 valence electrons. The number of Topliss-reactive ketones (excluding diaryl/α,β-unsaturated/α-hetero) is 1. The lowest BCUT2D eigenvalue weighted by atomic mass is 9.93. The Morgan fingerprint density at radius 1 is 1.07 bits per heavy atom. The molecule has 8 heteroatoms. The predicted octanol–water partition coefficient (Wildman–Crippen LogP) is 7.56. The number of nitrogens with zero attached hydrogens (tertiary/aromatic N) is 2. The molecule has 7 nitrogen and oxygen atoms in total. The van der Waals surface area contributed by atoms with Crippen molar-refractivity contribution in [1.82, 2.24) is 15.1 Å². The van der Waals surface area contributed by atoms with Crippen molar-refractivity contribution in [3.63, 3.8) is 0 Å². The van der Waals surface area contributed by atoms with Gasteiger partial charge >= 0.3 is 0 Å². The van der Waals surface area contributed by atoms with E-state index < -0.39 is 0 Å². The molecule has 2 heterocycles. The molecule has 0 unspecified atom stereocenters. The number of carbonyl (C=O) groups is 2. The number of ether oxygens (including phenoxy) is 1. The minimum absolute atomic E-state index is 0.0604. The highest BCUT2D eigenvalue weighted by Crippen LogP contribution is 2.42. The van der Waals surface area contributed by atoms with Gasteiger partial charge < -0.3 is 14.5 Å². The molecule has 1 aliphatic rings. The first-order valence-electron chi connectivity index (χ1n) is 14.6. The minimum atomic E-state index is -0.139. The van der Waals surface area contributed by atoms with Gasteiger partial charge in [-0.05, 0) is 106 Å². The molecule has 1 N–H and O–H groups in total. The fourth-order valence-electron chi connectivity index (χ4n) is 6.09. The minimum Gasteiger partial charge on any atom is -0.494 e. The Kier molecular flexibility index (Phi) is 8.65. The summed E-state index contributed by atoms with van der Waals surface area (Å²) >= 11 is 6.33. The number of halogens is 1. The Labute approximate surface area is 257 Å². The first kappa shape index (κ1) is 30.4. The van der Waals surface area contributed by atoms with Gasteiger partial charge in [0.2, 0.25) is 5.91 Å². The van der Waals surface area contributed by atoms with E-state index in [1.54, 1.807) is 13.0 Å². The summed E-state index contributed by atoms with van der Waals surface area (Å²) in [6.45, 7) is 12.0.